The fraction of sp³-hybridized carbons (Fsp3) is 0.200. The summed E-state index contributed by atoms with van der Waals surface area (Å²) in [5.41, 5.74) is 1.33. The molecule has 0 fully saturated rings. The predicted octanol–water partition coefficient (Wildman–Crippen LogP) is 2.57. The molecule has 0 aliphatic heterocycles. The molecule has 1 heterocycles. The summed E-state index contributed by atoms with van der Waals surface area (Å²) in [5, 5.41) is 12.9. The molecule has 0 saturated carbocycles. The lowest BCUT2D eigenvalue weighted by atomic mass is 10.2. The minimum absolute atomic E-state index is 0.152. The second kappa shape index (κ2) is 9.70. The quantitative estimate of drug-likeness (QED) is 0.526. The number of aromatic nitrogens is 3. The first-order valence-electron chi connectivity index (χ1n) is 8.91. The molecular formula is C20H20ClN5O3. The minimum Gasteiger partial charge on any atom is -0.497 e. The first-order chi connectivity index (χ1) is 14.0. The van der Waals surface area contributed by atoms with Crippen LogP contribution in [0.25, 0.3) is 11.4 Å². The van der Waals surface area contributed by atoms with E-state index in [1.165, 1.54) is 0 Å². The molecule has 0 unspecified atom stereocenters. The van der Waals surface area contributed by atoms with E-state index in [0.717, 1.165) is 11.3 Å². The van der Waals surface area contributed by atoms with Crippen LogP contribution in [0.5, 0.6) is 5.75 Å². The molecule has 1 aromatic heterocycles. The largest absolute Gasteiger partial charge is 0.497 e. The number of halogens is 1. The van der Waals surface area contributed by atoms with Gasteiger partial charge in [-0.15, -0.1) is 0 Å². The molecule has 150 valence electrons. The maximum Gasteiger partial charge on any atom is 0.251 e. The Balaban J connectivity index is 1.42. The number of benzene rings is 2. The molecule has 0 aliphatic carbocycles. The zero-order valence-corrected chi connectivity index (χ0v) is 16.5. The van der Waals surface area contributed by atoms with E-state index in [0.29, 0.717) is 22.2 Å². The molecule has 29 heavy (non-hydrogen) atoms. The molecule has 9 heteroatoms. The van der Waals surface area contributed by atoms with Gasteiger partial charge in [-0.25, -0.2) is 4.98 Å². The first kappa shape index (κ1) is 20.3. The molecule has 3 rings (SSSR count). The van der Waals surface area contributed by atoms with Crippen molar-refractivity contribution in [2.24, 2.45) is 0 Å². The topological polar surface area (TPSA) is 109 Å². The Kier molecular flexibility index (Phi) is 6.80. The summed E-state index contributed by atoms with van der Waals surface area (Å²) in [6.45, 7) is 0.438. The van der Waals surface area contributed by atoms with Crippen molar-refractivity contribution in [3.8, 4) is 17.1 Å². The van der Waals surface area contributed by atoms with Crippen molar-refractivity contribution in [2.45, 2.75) is 13.0 Å². The van der Waals surface area contributed by atoms with Crippen LogP contribution in [0.2, 0.25) is 5.02 Å². The molecule has 0 saturated heterocycles. The Morgan fingerprint density at radius 3 is 2.48 bits per heavy atom. The highest BCUT2D eigenvalue weighted by atomic mass is 35.5. The Morgan fingerprint density at radius 1 is 1.07 bits per heavy atom. The molecular weight excluding hydrogens is 394 g/mol. The van der Waals surface area contributed by atoms with E-state index in [1.807, 2.05) is 24.3 Å². The second-order valence-corrected chi connectivity index (χ2v) is 6.56. The van der Waals surface area contributed by atoms with Crippen LogP contribution in [0.1, 0.15) is 22.6 Å². The van der Waals surface area contributed by atoms with E-state index < -0.39 is 0 Å². The van der Waals surface area contributed by atoms with Crippen LogP contribution in [0, 0.1) is 0 Å². The van der Waals surface area contributed by atoms with Gasteiger partial charge in [-0.05, 0) is 48.5 Å². The average Bonchev–Trinajstić information content (AvgIpc) is 3.22. The fourth-order valence-electron chi connectivity index (χ4n) is 2.51. The number of H-pyrrole nitrogens is 1. The van der Waals surface area contributed by atoms with Gasteiger partial charge in [-0.3, -0.25) is 14.7 Å². The second-order valence-electron chi connectivity index (χ2n) is 6.12. The number of hydrogen-bond acceptors (Lipinski definition) is 5. The maximum atomic E-state index is 12.0. The summed E-state index contributed by atoms with van der Waals surface area (Å²) < 4.78 is 5.12. The van der Waals surface area contributed by atoms with Crippen molar-refractivity contribution in [1.82, 2.24) is 25.8 Å². The van der Waals surface area contributed by atoms with Crippen LogP contribution in [0.3, 0.4) is 0 Å². The van der Waals surface area contributed by atoms with Crippen molar-refractivity contribution in [1.29, 1.82) is 0 Å². The fourth-order valence-corrected chi connectivity index (χ4v) is 2.63. The third-order valence-electron chi connectivity index (χ3n) is 4.08. The molecule has 2 amide bonds. The standard InChI is InChI=1S/C20H20ClN5O3/c1-29-16-8-4-13(5-9-16)19-24-17(25-26-19)12-23-18(27)10-11-22-20(28)14-2-6-15(21)7-3-14/h2-9H,10-12H2,1H3,(H,22,28)(H,23,27)(H,24,25,26). The molecule has 0 bridgehead atoms. The number of nitrogens with one attached hydrogen (secondary N) is 3. The Labute approximate surface area is 172 Å². The summed E-state index contributed by atoms with van der Waals surface area (Å²) in [5.74, 6) is 1.36. The highest BCUT2D eigenvalue weighted by Gasteiger charge is 2.09. The lowest BCUT2D eigenvalue weighted by molar-refractivity contribution is -0.121. The normalized spacial score (nSPS) is 10.4. The van der Waals surface area contributed by atoms with E-state index in [-0.39, 0.29) is 31.3 Å². The van der Waals surface area contributed by atoms with Crippen molar-refractivity contribution in [3.05, 3.63) is 64.9 Å². The van der Waals surface area contributed by atoms with E-state index in [9.17, 15) is 9.59 Å². The number of carbonyl (C=O) groups excluding carboxylic acids is 2. The van der Waals surface area contributed by atoms with Crippen LogP contribution < -0.4 is 15.4 Å². The van der Waals surface area contributed by atoms with Gasteiger partial charge in [0.05, 0.1) is 13.7 Å². The zero-order valence-electron chi connectivity index (χ0n) is 15.7. The number of ether oxygens (including phenoxy) is 1. The molecule has 3 aromatic rings. The van der Waals surface area contributed by atoms with Crippen molar-refractivity contribution in [3.63, 3.8) is 0 Å². The lowest BCUT2D eigenvalue weighted by Crippen LogP contribution is -2.30. The van der Waals surface area contributed by atoms with E-state index >= 15 is 0 Å². The van der Waals surface area contributed by atoms with Gasteiger partial charge in [0.2, 0.25) is 5.91 Å². The lowest BCUT2D eigenvalue weighted by Gasteiger charge is -2.06. The summed E-state index contributed by atoms with van der Waals surface area (Å²) in [6, 6.07) is 13.9. The van der Waals surface area contributed by atoms with E-state index in [1.54, 1.807) is 31.4 Å². The van der Waals surface area contributed by atoms with Gasteiger partial charge in [-0.2, -0.15) is 5.10 Å². The molecule has 2 aromatic carbocycles. The monoisotopic (exact) mass is 413 g/mol. The summed E-state index contributed by atoms with van der Waals surface area (Å²) in [4.78, 5) is 28.3. The molecule has 0 aliphatic rings. The summed E-state index contributed by atoms with van der Waals surface area (Å²) in [7, 11) is 1.60. The number of rotatable bonds is 8. The van der Waals surface area contributed by atoms with Crippen LogP contribution >= 0.6 is 11.6 Å². The predicted molar refractivity (Wildman–Crippen MR) is 109 cm³/mol. The molecule has 0 spiro atoms. The average molecular weight is 414 g/mol. The number of nitrogens with zero attached hydrogens (tertiary/aromatic N) is 2. The number of amides is 2. The minimum atomic E-state index is -0.256. The Hall–Kier alpha value is -3.39. The smallest absolute Gasteiger partial charge is 0.251 e. The first-order valence-corrected chi connectivity index (χ1v) is 9.29. The third-order valence-corrected chi connectivity index (χ3v) is 4.33. The van der Waals surface area contributed by atoms with Crippen molar-refractivity contribution >= 4 is 23.4 Å². The van der Waals surface area contributed by atoms with Gasteiger partial charge in [-0.1, -0.05) is 11.6 Å². The highest BCUT2D eigenvalue weighted by Crippen LogP contribution is 2.18. The van der Waals surface area contributed by atoms with Crippen LogP contribution in [0.15, 0.2) is 48.5 Å². The van der Waals surface area contributed by atoms with Gasteiger partial charge in [0.15, 0.2) is 5.82 Å². The van der Waals surface area contributed by atoms with Gasteiger partial charge in [0, 0.05) is 29.1 Å². The van der Waals surface area contributed by atoms with Gasteiger partial charge >= 0.3 is 0 Å². The Morgan fingerprint density at radius 2 is 1.79 bits per heavy atom. The maximum absolute atomic E-state index is 12.0. The van der Waals surface area contributed by atoms with Crippen LogP contribution in [0.4, 0.5) is 0 Å². The SMILES string of the molecule is COc1ccc(-c2n[nH]c(CNC(=O)CCNC(=O)c3ccc(Cl)cc3)n2)cc1. The third kappa shape index (κ3) is 5.79. The molecule has 0 radical (unpaired) electrons. The van der Waals surface area contributed by atoms with Crippen molar-refractivity contribution < 1.29 is 14.3 Å². The van der Waals surface area contributed by atoms with E-state index in [2.05, 4.69) is 25.8 Å². The molecule has 0 atom stereocenters. The molecule has 8 nitrogen and oxygen atoms in total. The van der Waals surface area contributed by atoms with Gasteiger partial charge in [0.25, 0.3) is 5.91 Å². The van der Waals surface area contributed by atoms with Crippen LogP contribution in [-0.4, -0.2) is 40.7 Å². The number of aromatic amines is 1. The van der Waals surface area contributed by atoms with Gasteiger partial charge in [0.1, 0.15) is 11.6 Å². The zero-order chi connectivity index (χ0) is 20.6. The Bertz CT molecular complexity index is 971. The number of hydrogen-bond donors (Lipinski definition) is 3. The van der Waals surface area contributed by atoms with Gasteiger partial charge < -0.3 is 15.4 Å². The van der Waals surface area contributed by atoms with Crippen molar-refractivity contribution in [2.75, 3.05) is 13.7 Å². The summed E-state index contributed by atoms with van der Waals surface area (Å²) >= 11 is 5.79. The van der Waals surface area contributed by atoms with Crippen LogP contribution in [-0.2, 0) is 11.3 Å². The highest BCUT2D eigenvalue weighted by molar-refractivity contribution is 6.30. The number of carbonyl (C=O) groups is 2. The summed E-state index contributed by atoms with van der Waals surface area (Å²) in [6.07, 6.45) is 0.152. The number of methoxy groups -OCH3 is 1. The van der Waals surface area contributed by atoms with E-state index in [4.69, 9.17) is 16.3 Å². The molecule has 3 N–H and O–H groups in total.